The van der Waals surface area contributed by atoms with Crippen LogP contribution in [0.1, 0.15) is 37.7 Å². The molecule has 1 aromatic rings. The van der Waals surface area contributed by atoms with Crippen molar-refractivity contribution in [2.45, 2.75) is 33.3 Å². The molecule has 0 aromatic carbocycles. The Morgan fingerprint density at radius 3 is 2.72 bits per heavy atom. The molecule has 98 valence electrons. The molecule has 0 spiro atoms. The van der Waals surface area contributed by atoms with Crippen LogP contribution in [0, 0.1) is 6.92 Å². The summed E-state index contributed by atoms with van der Waals surface area (Å²) in [5.41, 5.74) is 1.13. The lowest BCUT2D eigenvalue weighted by atomic mass is 10.00. The van der Waals surface area contributed by atoms with Crippen molar-refractivity contribution in [3.8, 4) is 0 Å². The van der Waals surface area contributed by atoms with Gasteiger partial charge in [0.25, 0.3) is 0 Å². The highest BCUT2D eigenvalue weighted by molar-refractivity contribution is 5.86. The second kappa shape index (κ2) is 5.78. The fourth-order valence-electron chi connectivity index (χ4n) is 1.60. The van der Waals surface area contributed by atoms with Gasteiger partial charge in [0.15, 0.2) is 0 Å². The van der Waals surface area contributed by atoms with Crippen molar-refractivity contribution in [2.75, 3.05) is 6.61 Å². The van der Waals surface area contributed by atoms with Crippen LogP contribution in [0.15, 0.2) is 18.2 Å². The van der Waals surface area contributed by atoms with Gasteiger partial charge in [-0.25, -0.2) is 4.79 Å². The van der Waals surface area contributed by atoms with Crippen molar-refractivity contribution in [3.63, 3.8) is 0 Å². The predicted molar refractivity (Wildman–Crippen MR) is 69.9 cm³/mol. The Balaban J connectivity index is 2.96. The van der Waals surface area contributed by atoms with E-state index in [2.05, 4.69) is 4.98 Å². The SMILES string of the molecule is CCOC(=O)/C=C/c1ccc(C)c(C(C)(C)O)n1. The van der Waals surface area contributed by atoms with Gasteiger partial charge in [0, 0.05) is 6.08 Å². The number of rotatable bonds is 4. The van der Waals surface area contributed by atoms with Gasteiger partial charge in [0.1, 0.15) is 5.60 Å². The molecule has 0 atom stereocenters. The molecule has 1 rings (SSSR count). The fourth-order valence-corrected chi connectivity index (χ4v) is 1.60. The molecule has 0 saturated heterocycles. The second-order valence-electron chi connectivity index (χ2n) is 4.55. The van der Waals surface area contributed by atoms with Gasteiger partial charge in [-0.1, -0.05) is 6.07 Å². The zero-order valence-electron chi connectivity index (χ0n) is 11.2. The Morgan fingerprint density at radius 2 is 2.17 bits per heavy atom. The summed E-state index contributed by atoms with van der Waals surface area (Å²) >= 11 is 0. The van der Waals surface area contributed by atoms with Crippen LogP contribution in [0.4, 0.5) is 0 Å². The summed E-state index contributed by atoms with van der Waals surface area (Å²) in [7, 11) is 0. The first kappa shape index (κ1) is 14.4. The van der Waals surface area contributed by atoms with E-state index in [4.69, 9.17) is 4.74 Å². The molecule has 18 heavy (non-hydrogen) atoms. The van der Waals surface area contributed by atoms with E-state index < -0.39 is 11.6 Å². The molecular weight excluding hydrogens is 230 g/mol. The van der Waals surface area contributed by atoms with E-state index in [0.717, 1.165) is 5.56 Å². The normalized spacial score (nSPS) is 11.8. The number of pyridine rings is 1. The molecule has 1 aromatic heterocycles. The lowest BCUT2D eigenvalue weighted by Crippen LogP contribution is -2.19. The number of nitrogens with zero attached hydrogens (tertiary/aromatic N) is 1. The molecule has 0 bridgehead atoms. The van der Waals surface area contributed by atoms with E-state index in [1.54, 1.807) is 32.9 Å². The largest absolute Gasteiger partial charge is 0.463 e. The molecule has 0 aliphatic carbocycles. The van der Waals surface area contributed by atoms with Gasteiger partial charge in [0.2, 0.25) is 0 Å². The summed E-state index contributed by atoms with van der Waals surface area (Å²) in [6.45, 7) is 7.35. The minimum absolute atomic E-state index is 0.347. The number of ether oxygens (including phenoxy) is 1. The maximum absolute atomic E-state index is 11.2. The van der Waals surface area contributed by atoms with Gasteiger partial charge in [-0.15, -0.1) is 0 Å². The third-order valence-electron chi connectivity index (χ3n) is 2.37. The second-order valence-corrected chi connectivity index (χ2v) is 4.55. The average Bonchev–Trinajstić information content (AvgIpc) is 2.27. The molecular formula is C14H19NO3. The molecule has 0 unspecified atom stereocenters. The lowest BCUT2D eigenvalue weighted by molar-refractivity contribution is -0.137. The van der Waals surface area contributed by atoms with Crippen LogP contribution >= 0.6 is 0 Å². The Morgan fingerprint density at radius 1 is 1.50 bits per heavy atom. The highest BCUT2D eigenvalue weighted by Crippen LogP contribution is 2.21. The van der Waals surface area contributed by atoms with E-state index in [1.165, 1.54) is 6.08 Å². The van der Waals surface area contributed by atoms with E-state index in [0.29, 0.717) is 18.0 Å². The van der Waals surface area contributed by atoms with Gasteiger partial charge in [-0.05, 0) is 45.4 Å². The number of hydrogen-bond acceptors (Lipinski definition) is 4. The Labute approximate surface area is 107 Å². The fraction of sp³-hybridized carbons (Fsp3) is 0.429. The highest BCUT2D eigenvalue weighted by atomic mass is 16.5. The Hall–Kier alpha value is -1.68. The van der Waals surface area contributed by atoms with Crippen LogP contribution in [0.5, 0.6) is 0 Å². The number of carbonyl (C=O) groups is 1. The predicted octanol–water partition coefficient (Wildman–Crippen LogP) is 2.19. The van der Waals surface area contributed by atoms with Crippen molar-refractivity contribution >= 4 is 12.0 Å². The van der Waals surface area contributed by atoms with Gasteiger partial charge in [-0.3, -0.25) is 4.98 Å². The molecule has 1 heterocycles. The molecule has 4 nitrogen and oxygen atoms in total. The van der Waals surface area contributed by atoms with Crippen molar-refractivity contribution in [1.29, 1.82) is 0 Å². The van der Waals surface area contributed by atoms with Crippen LogP contribution in [-0.2, 0) is 15.1 Å². The van der Waals surface area contributed by atoms with Crippen LogP contribution in [0.25, 0.3) is 6.08 Å². The topological polar surface area (TPSA) is 59.4 Å². The molecule has 0 fully saturated rings. The summed E-state index contributed by atoms with van der Waals surface area (Å²) in [5.74, 6) is -0.398. The van der Waals surface area contributed by atoms with Gasteiger partial charge in [-0.2, -0.15) is 0 Å². The van der Waals surface area contributed by atoms with Crippen LogP contribution in [0.2, 0.25) is 0 Å². The number of carbonyl (C=O) groups excluding carboxylic acids is 1. The molecule has 1 N–H and O–H groups in total. The molecule has 0 saturated carbocycles. The van der Waals surface area contributed by atoms with E-state index in [-0.39, 0.29) is 0 Å². The standard InChI is InChI=1S/C14H19NO3/c1-5-18-12(16)9-8-11-7-6-10(2)13(15-11)14(3,4)17/h6-9,17H,5H2,1-4H3/b9-8+. The summed E-state index contributed by atoms with van der Waals surface area (Å²) in [5, 5.41) is 9.98. The van der Waals surface area contributed by atoms with Crippen LogP contribution in [-0.4, -0.2) is 22.7 Å². The minimum Gasteiger partial charge on any atom is -0.463 e. The Bertz CT molecular complexity index is 459. The molecule has 0 amide bonds. The number of esters is 1. The molecule has 0 aliphatic heterocycles. The van der Waals surface area contributed by atoms with Gasteiger partial charge >= 0.3 is 5.97 Å². The van der Waals surface area contributed by atoms with E-state index in [9.17, 15) is 9.90 Å². The summed E-state index contributed by atoms with van der Waals surface area (Å²) in [4.78, 5) is 15.5. The van der Waals surface area contributed by atoms with Gasteiger partial charge in [0.05, 0.1) is 18.0 Å². The van der Waals surface area contributed by atoms with Crippen molar-refractivity contribution < 1.29 is 14.6 Å². The third kappa shape index (κ3) is 3.96. The highest BCUT2D eigenvalue weighted by Gasteiger charge is 2.20. The maximum atomic E-state index is 11.2. The third-order valence-corrected chi connectivity index (χ3v) is 2.37. The molecule has 0 radical (unpaired) electrons. The first-order valence-electron chi connectivity index (χ1n) is 5.90. The Kier molecular flexibility index (Phi) is 4.62. The van der Waals surface area contributed by atoms with Crippen LogP contribution in [0.3, 0.4) is 0 Å². The lowest BCUT2D eigenvalue weighted by Gasteiger charge is -2.19. The molecule has 4 heteroatoms. The summed E-state index contributed by atoms with van der Waals surface area (Å²) in [6.07, 6.45) is 2.90. The monoisotopic (exact) mass is 249 g/mol. The number of aliphatic hydroxyl groups is 1. The first-order chi connectivity index (χ1) is 8.34. The maximum Gasteiger partial charge on any atom is 0.330 e. The number of aryl methyl sites for hydroxylation is 1. The zero-order chi connectivity index (χ0) is 13.8. The summed E-state index contributed by atoms with van der Waals surface area (Å²) < 4.78 is 4.78. The quantitative estimate of drug-likeness (QED) is 0.656. The van der Waals surface area contributed by atoms with Crippen molar-refractivity contribution in [3.05, 3.63) is 35.2 Å². The van der Waals surface area contributed by atoms with Crippen molar-refractivity contribution in [2.24, 2.45) is 0 Å². The first-order valence-corrected chi connectivity index (χ1v) is 5.90. The van der Waals surface area contributed by atoms with Crippen LogP contribution < -0.4 is 0 Å². The number of hydrogen-bond donors (Lipinski definition) is 1. The molecule has 0 aliphatic rings. The summed E-state index contributed by atoms with van der Waals surface area (Å²) in [6, 6.07) is 3.66. The van der Waals surface area contributed by atoms with E-state index in [1.807, 2.05) is 13.0 Å². The van der Waals surface area contributed by atoms with Gasteiger partial charge < -0.3 is 9.84 Å². The average molecular weight is 249 g/mol. The van der Waals surface area contributed by atoms with E-state index >= 15 is 0 Å². The zero-order valence-corrected chi connectivity index (χ0v) is 11.2. The number of aromatic nitrogens is 1. The minimum atomic E-state index is -1.00. The van der Waals surface area contributed by atoms with Crippen molar-refractivity contribution in [1.82, 2.24) is 4.98 Å². The smallest absolute Gasteiger partial charge is 0.330 e.